The van der Waals surface area contributed by atoms with E-state index < -0.39 is 35.9 Å². The van der Waals surface area contributed by atoms with Gasteiger partial charge in [-0.15, -0.1) is 0 Å². The maximum Gasteiger partial charge on any atom is 0.338 e. The Morgan fingerprint density at radius 2 is 1.25 bits per heavy atom. The predicted octanol–water partition coefficient (Wildman–Crippen LogP) is 7.26. The van der Waals surface area contributed by atoms with Gasteiger partial charge in [-0.3, -0.25) is 0 Å². The molecule has 218 valence electrons. The fourth-order valence-electron chi connectivity index (χ4n) is 5.87. The fourth-order valence-corrected chi connectivity index (χ4v) is 5.87. The summed E-state index contributed by atoms with van der Waals surface area (Å²) in [6.07, 6.45) is 10.7. The zero-order valence-electron chi connectivity index (χ0n) is 24.5. The van der Waals surface area contributed by atoms with Crippen molar-refractivity contribution >= 4 is 11.9 Å². The molecule has 0 amide bonds. The molecule has 2 unspecified atom stereocenters. The topological polar surface area (TPSA) is 71.1 Å². The van der Waals surface area contributed by atoms with E-state index in [4.69, 9.17) is 18.9 Å². The van der Waals surface area contributed by atoms with E-state index in [1.54, 1.807) is 0 Å². The quantitative estimate of drug-likeness (QED) is 0.172. The van der Waals surface area contributed by atoms with Gasteiger partial charge in [-0.05, 0) is 67.5 Å². The summed E-state index contributed by atoms with van der Waals surface area (Å²) in [7, 11) is 0. The number of carbonyl (C=O) groups excluding carboxylic acids is 2. The van der Waals surface area contributed by atoms with Crippen molar-refractivity contribution in [1.82, 2.24) is 0 Å². The summed E-state index contributed by atoms with van der Waals surface area (Å²) in [4.78, 5) is 26.0. The van der Waals surface area contributed by atoms with Crippen LogP contribution in [0.3, 0.4) is 0 Å². The van der Waals surface area contributed by atoms with Gasteiger partial charge in [0.15, 0.2) is 12.2 Å². The van der Waals surface area contributed by atoms with Gasteiger partial charge in [0.1, 0.15) is 11.7 Å². The van der Waals surface area contributed by atoms with Crippen LogP contribution in [-0.2, 0) is 31.8 Å². The fraction of sp³-hybridized carbons (Fsp3) is 0.588. The Labute approximate surface area is 239 Å². The molecular formula is C34H46O6. The molecule has 0 spiro atoms. The van der Waals surface area contributed by atoms with Crippen LogP contribution < -0.4 is 0 Å². The maximum absolute atomic E-state index is 13.0. The first-order valence-corrected chi connectivity index (χ1v) is 15.4. The highest BCUT2D eigenvalue weighted by molar-refractivity contribution is 5.90. The van der Waals surface area contributed by atoms with Gasteiger partial charge in [-0.2, -0.15) is 0 Å². The summed E-state index contributed by atoms with van der Waals surface area (Å²) in [5, 5.41) is 0. The van der Waals surface area contributed by atoms with E-state index >= 15 is 0 Å². The smallest absolute Gasteiger partial charge is 0.338 e. The zero-order chi connectivity index (χ0) is 28.4. The number of unbranched alkanes of at least 4 members (excludes halogenated alkanes) is 6. The predicted molar refractivity (Wildman–Crippen MR) is 156 cm³/mol. The highest BCUT2D eigenvalue weighted by atomic mass is 16.7. The average Bonchev–Trinajstić information content (AvgIpc) is 3.52. The normalized spacial score (nSPS) is 23.6. The number of benzene rings is 2. The highest BCUT2D eigenvalue weighted by Crippen LogP contribution is 2.43. The molecule has 40 heavy (non-hydrogen) atoms. The molecule has 2 fully saturated rings. The standard InChI is InChI=1S/C34H46O6/c1-4-7-9-11-13-25-15-19-27(20-16-25)32(35)39-29-23-38-34(6-3)30(24-37-31(29)34)40-33(36)28-21-17-26(18-22-28)14-12-10-8-5-2/h15-22,29-31H,4-14,23-24H2,1-3H3/t29-,30?,31+,34?/m0/s1. The molecule has 6 nitrogen and oxygen atoms in total. The first-order valence-electron chi connectivity index (χ1n) is 15.4. The molecule has 2 saturated heterocycles. The van der Waals surface area contributed by atoms with E-state index in [0.717, 1.165) is 25.7 Å². The number of hydrogen-bond acceptors (Lipinski definition) is 6. The van der Waals surface area contributed by atoms with E-state index in [9.17, 15) is 9.59 Å². The second kappa shape index (κ2) is 14.8. The molecule has 2 aliphatic rings. The van der Waals surface area contributed by atoms with E-state index in [-0.39, 0.29) is 13.2 Å². The third kappa shape index (κ3) is 7.32. The van der Waals surface area contributed by atoms with E-state index in [2.05, 4.69) is 13.8 Å². The van der Waals surface area contributed by atoms with Crippen molar-refractivity contribution in [1.29, 1.82) is 0 Å². The summed E-state index contributed by atoms with van der Waals surface area (Å²) in [6.45, 7) is 6.82. The minimum absolute atomic E-state index is 0.209. The van der Waals surface area contributed by atoms with E-state index in [0.29, 0.717) is 17.5 Å². The van der Waals surface area contributed by atoms with Gasteiger partial charge in [-0.1, -0.05) is 83.6 Å². The molecule has 0 aliphatic carbocycles. The Morgan fingerprint density at radius 1 is 0.725 bits per heavy atom. The number of aryl methyl sites for hydroxylation is 2. The highest BCUT2D eigenvalue weighted by Gasteiger charge is 2.62. The van der Waals surface area contributed by atoms with Crippen LogP contribution in [0.1, 0.15) is 110 Å². The number of ether oxygens (including phenoxy) is 4. The molecular weight excluding hydrogens is 504 g/mol. The molecule has 0 bridgehead atoms. The Hall–Kier alpha value is -2.70. The van der Waals surface area contributed by atoms with Crippen molar-refractivity contribution in [3.8, 4) is 0 Å². The molecule has 0 N–H and O–H groups in total. The van der Waals surface area contributed by atoms with Gasteiger partial charge in [-0.25, -0.2) is 9.59 Å². The summed E-state index contributed by atoms with van der Waals surface area (Å²) < 4.78 is 24.0. The molecule has 2 heterocycles. The number of hydrogen-bond donors (Lipinski definition) is 0. The minimum Gasteiger partial charge on any atom is -0.453 e. The van der Waals surface area contributed by atoms with Gasteiger partial charge in [0.2, 0.25) is 0 Å². The van der Waals surface area contributed by atoms with Crippen molar-refractivity contribution in [2.75, 3.05) is 13.2 Å². The Balaban J connectivity index is 1.31. The summed E-state index contributed by atoms with van der Waals surface area (Å²) in [5.41, 5.74) is 2.66. The van der Waals surface area contributed by atoms with Crippen molar-refractivity contribution in [2.45, 2.75) is 115 Å². The molecule has 0 radical (unpaired) electrons. The van der Waals surface area contributed by atoms with Gasteiger partial charge < -0.3 is 18.9 Å². The second-order valence-corrected chi connectivity index (χ2v) is 11.2. The van der Waals surface area contributed by atoms with Gasteiger partial charge >= 0.3 is 11.9 Å². The lowest BCUT2D eigenvalue weighted by Crippen LogP contribution is -2.48. The molecule has 2 aliphatic heterocycles. The van der Waals surface area contributed by atoms with E-state index in [1.165, 1.54) is 49.7 Å². The molecule has 0 saturated carbocycles. The van der Waals surface area contributed by atoms with Gasteiger partial charge in [0.05, 0.1) is 24.3 Å². The van der Waals surface area contributed by atoms with E-state index in [1.807, 2.05) is 55.5 Å². The Morgan fingerprint density at radius 3 is 1.75 bits per heavy atom. The SMILES string of the molecule is CCCCCCc1ccc(C(=O)OC2CO[C@@H]3[C@@H](OC(=O)c4ccc(CCCCCC)cc4)COC23CC)cc1. The van der Waals surface area contributed by atoms with Crippen molar-refractivity contribution in [3.63, 3.8) is 0 Å². The maximum atomic E-state index is 13.0. The second-order valence-electron chi connectivity index (χ2n) is 11.2. The monoisotopic (exact) mass is 550 g/mol. The first kappa shape index (κ1) is 30.3. The number of esters is 2. The Bertz CT molecular complexity index is 1080. The third-order valence-corrected chi connectivity index (χ3v) is 8.39. The van der Waals surface area contributed by atoms with Crippen molar-refractivity contribution < 1.29 is 28.5 Å². The zero-order valence-corrected chi connectivity index (χ0v) is 24.5. The molecule has 0 aromatic heterocycles. The van der Waals surface area contributed by atoms with Gasteiger partial charge in [0, 0.05) is 0 Å². The van der Waals surface area contributed by atoms with Crippen molar-refractivity contribution in [3.05, 3.63) is 70.8 Å². The lowest BCUT2D eigenvalue weighted by atomic mass is 9.89. The summed E-state index contributed by atoms with van der Waals surface area (Å²) in [6, 6.07) is 15.3. The number of rotatable bonds is 15. The number of fused-ring (bicyclic) bond motifs is 1. The third-order valence-electron chi connectivity index (χ3n) is 8.39. The van der Waals surface area contributed by atoms with Crippen LogP contribution in [0.5, 0.6) is 0 Å². The van der Waals surface area contributed by atoms with Crippen LogP contribution >= 0.6 is 0 Å². The molecule has 2 aromatic carbocycles. The average molecular weight is 551 g/mol. The van der Waals surface area contributed by atoms with Gasteiger partial charge in [0.25, 0.3) is 0 Å². The summed E-state index contributed by atoms with van der Waals surface area (Å²) >= 11 is 0. The lowest BCUT2D eigenvalue weighted by Gasteiger charge is -2.31. The molecule has 4 atom stereocenters. The first-order chi connectivity index (χ1) is 19.5. The number of carbonyl (C=O) groups is 2. The summed E-state index contributed by atoms with van der Waals surface area (Å²) in [5.74, 6) is -0.782. The molecule has 6 heteroatoms. The molecule has 2 aromatic rings. The largest absolute Gasteiger partial charge is 0.453 e. The lowest BCUT2D eigenvalue weighted by molar-refractivity contribution is -0.0861. The van der Waals surface area contributed by atoms with Crippen LogP contribution in [0.2, 0.25) is 0 Å². The van der Waals surface area contributed by atoms with Crippen molar-refractivity contribution in [2.24, 2.45) is 0 Å². The van der Waals surface area contributed by atoms with Crippen LogP contribution in [0.25, 0.3) is 0 Å². The van der Waals surface area contributed by atoms with Crippen LogP contribution in [0.15, 0.2) is 48.5 Å². The van der Waals surface area contributed by atoms with Crippen LogP contribution in [0.4, 0.5) is 0 Å². The minimum atomic E-state index is -0.831. The molecule has 4 rings (SSSR count). The Kier molecular flexibility index (Phi) is 11.2. The van der Waals surface area contributed by atoms with Crippen LogP contribution in [0, 0.1) is 0 Å². The van der Waals surface area contributed by atoms with Crippen LogP contribution in [-0.4, -0.2) is 49.1 Å².